The minimum atomic E-state index is -0.928. The summed E-state index contributed by atoms with van der Waals surface area (Å²) in [6.45, 7) is 1.94. The van der Waals surface area contributed by atoms with Gasteiger partial charge in [0.05, 0.1) is 18.7 Å². The first kappa shape index (κ1) is 21.4. The van der Waals surface area contributed by atoms with Gasteiger partial charge < -0.3 is 14.5 Å². The lowest BCUT2D eigenvalue weighted by Gasteiger charge is -2.50. The average molecular weight is 405 g/mol. The zero-order valence-electron chi connectivity index (χ0n) is 17.9. The van der Waals surface area contributed by atoms with Crippen LogP contribution in [0.3, 0.4) is 0 Å². The Morgan fingerprint density at radius 1 is 1.10 bits per heavy atom. The second kappa shape index (κ2) is 8.58. The van der Waals surface area contributed by atoms with Gasteiger partial charge in [-0.3, -0.25) is 9.59 Å². The van der Waals surface area contributed by atoms with Crippen molar-refractivity contribution in [2.45, 2.75) is 37.8 Å². The molecule has 2 atom stereocenters. The van der Waals surface area contributed by atoms with Gasteiger partial charge in [0.2, 0.25) is 11.8 Å². The van der Waals surface area contributed by atoms with Crippen LogP contribution in [-0.4, -0.2) is 54.4 Å². The molecule has 30 heavy (non-hydrogen) atoms. The Kier molecular flexibility index (Phi) is 6.12. The standard InChI is InChI=1S/C24H27N3O3/c1-5-24(15-17-10-7-6-8-11-17)23(29)26(2)20(22(28)27(24)3)14-19-18(16-25)12-9-13-21(19)30-4/h6-13,20H,5,14-15H2,1-4H3. The highest BCUT2D eigenvalue weighted by molar-refractivity contribution is 6.00. The number of nitrogens with zero attached hydrogens (tertiary/aromatic N) is 3. The van der Waals surface area contributed by atoms with Crippen molar-refractivity contribution in [3.05, 3.63) is 65.2 Å². The second-order valence-corrected chi connectivity index (χ2v) is 7.68. The summed E-state index contributed by atoms with van der Waals surface area (Å²) in [5.41, 5.74) is 1.17. The zero-order chi connectivity index (χ0) is 21.9. The van der Waals surface area contributed by atoms with E-state index in [1.807, 2.05) is 37.3 Å². The van der Waals surface area contributed by atoms with Gasteiger partial charge in [0.1, 0.15) is 17.3 Å². The third kappa shape index (κ3) is 3.52. The first-order valence-electron chi connectivity index (χ1n) is 10.0. The van der Waals surface area contributed by atoms with Gasteiger partial charge in [-0.15, -0.1) is 0 Å². The van der Waals surface area contributed by atoms with E-state index in [2.05, 4.69) is 6.07 Å². The highest BCUT2D eigenvalue weighted by Crippen LogP contribution is 2.34. The van der Waals surface area contributed by atoms with Crippen LogP contribution in [0.2, 0.25) is 0 Å². The predicted molar refractivity (Wildman–Crippen MR) is 114 cm³/mol. The molecule has 1 aliphatic heterocycles. The van der Waals surface area contributed by atoms with Gasteiger partial charge in [0.15, 0.2) is 0 Å². The van der Waals surface area contributed by atoms with Gasteiger partial charge in [0, 0.05) is 32.5 Å². The Hall–Kier alpha value is -3.33. The van der Waals surface area contributed by atoms with E-state index in [1.165, 1.54) is 7.11 Å². The van der Waals surface area contributed by atoms with Crippen molar-refractivity contribution < 1.29 is 14.3 Å². The molecule has 1 aliphatic rings. The summed E-state index contributed by atoms with van der Waals surface area (Å²) in [4.78, 5) is 30.2. The quantitative estimate of drug-likeness (QED) is 0.741. The largest absolute Gasteiger partial charge is 0.496 e. The first-order chi connectivity index (χ1) is 14.4. The Morgan fingerprint density at radius 2 is 1.80 bits per heavy atom. The van der Waals surface area contributed by atoms with Gasteiger partial charge in [-0.05, 0) is 24.1 Å². The van der Waals surface area contributed by atoms with Gasteiger partial charge in [-0.1, -0.05) is 43.3 Å². The van der Waals surface area contributed by atoms with Crippen LogP contribution in [0, 0.1) is 11.3 Å². The molecule has 2 amide bonds. The number of carbonyl (C=O) groups excluding carboxylic acids is 2. The molecule has 0 radical (unpaired) electrons. The predicted octanol–water partition coefficient (Wildman–Crippen LogP) is 2.80. The van der Waals surface area contributed by atoms with Crippen LogP contribution < -0.4 is 4.74 Å². The van der Waals surface area contributed by atoms with Crippen molar-refractivity contribution >= 4 is 11.8 Å². The summed E-state index contributed by atoms with van der Waals surface area (Å²) in [6.07, 6.45) is 1.20. The molecule has 2 unspecified atom stereocenters. The molecule has 2 aromatic rings. The lowest BCUT2D eigenvalue weighted by Crippen LogP contribution is -2.70. The van der Waals surface area contributed by atoms with Crippen LogP contribution in [0.25, 0.3) is 0 Å². The van der Waals surface area contributed by atoms with E-state index in [0.29, 0.717) is 29.7 Å². The van der Waals surface area contributed by atoms with Gasteiger partial charge in [0.25, 0.3) is 0 Å². The van der Waals surface area contributed by atoms with E-state index in [1.54, 1.807) is 42.1 Å². The third-order valence-corrected chi connectivity index (χ3v) is 6.24. The van der Waals surface area contributed by atoms with Crippen molar-refractivity contribution in [3.8, 4) is 11.8 Å². The maximum absolute atomic E-state index is 13.6. The van der Waals surface area contributed by atoms with E-state index in [0.717, 1.165) is 5.56 Å². The molecule has 2 aromatic carbocycles. The van der Waals surface area contributed by atoms with Crippen LogP contribution in [0.5, 0.6) is 5.75 Å². The van der Waals surface area contributed by atoms with E-state index >= 15 is 0 Å². The monoisotopic (exact) mass is 405 g/mol. The number of nitriles is 1. The number of carbonyl (C=O) groups is 2. The summed E-state index contributed by atoms with van der Waals surface area (Å²) < 4.78 is 5.42. The average Bonchev–Trinajstić information content (AvgIpc) is 2.78. The summed E-state index contributed by atoms with van der Waals surface area (Å²) in [5.74, 6) is 0.320. The van der Waals surface area contributed by atoms with E-state index in [-0.39, 0.29) is 18.2 Å². The summed E-state index contributed by atoms with van der Waals surface area (Å²) >= 11 is 0. The lowest BCUT2D eigenvalue weighted by molar-refractivity contribution is -0.167. The third-order valence-electron chi connectivity index (χ3n) is 6.24. The van der Waals surface area contributed by atoms with Crippen LogP contribution in [-0.2, 0) is 22.4 Å². The fraction of sp³-hybridized carbons (Fsp3) is 0.375. The topological polar surface area (TPSA) is 73.6 Å². The molecule has 156 valence electrons. The molecular formula is C24H27N3O3. The first-order valence-corrected chi connectivity index (χ1v) is 10.0. The number of rotatable bonds is 6. The maximum Gasteiger partial charge on any atom is 0.249 e. The molecule has 0 spiro atoms. The van der Waals surface area contributed by atoms with Crippen molar-refractivity contribution in [3.63, 3.8) is 0 Å². The second-order valence-electron chi connectivity index (χ2n) is 7.68. The van der Waals surface area contributed by atoms with Gasteiger partial charge >= 0.3 is 0 Å². The SMILES string of the molecule is CCC1(Cc2ccccc2)C(=O)N(C)C(Cc2c(C#N)cccc2OC)C(=O)N1C. The molecule has 0 N–H and O–H groups in total. The molecule has 0 aromatic heterocycles. The Morgan fingerprint density at radius 3 is 2.40 bits per heavy atom. The summed E-state index contributed by atoms with van der Waals surface area (Å²) in [5, 5.41) is 9.51. The lowest BCUT2D eigenvalue weighted by atomic mass is 9.81. The summed E-state index contributed by atoms with van der Waals surface area (Å²) in [6, 6.07) is 16.4. The summed E-state index contributed by atoms with van der Waals surface area (Å²) in [7, 11) is 4.92. The van der Waals surface area contributed by atoms with Gasteiger partial charge in [-0.25, -0.2) is 0 Å². The van der Waals surface area contributed by atoms with E-state index < -0.39 is 11.6 Å². The smallest absolute Gasteiger partial charge is 0.249 e. The number of piperazine rings is 1. The Bertz CT molecular complexity index is 983. The number of likely N-dealkylation sites (N-methyl/N-ethyl adjacent to an activating group) is 2. The number of methoxy groups -OCH3 is 1. The number of amides is 2. The minimum Gasteiger partial charge on any atom is -0.496 e. The number of benzene rings is 2. The zero-order valence-corrected chi connectivity index (χ0v) is 17.9. The van der Waals surface area contributed by atoms with Crippen LogP contribution in [0.1, 0.15) is 30.0 Å². The van der Waals surface area contributed by atoms with Crippen molar-refractivity contribution in [1.29, 1.82) is 5.26 Å². The van der Waals surface area contributed by atoms with Gasteiger partial charge in [-0.2, -0.15) is 5.26 Å². The van der Waals surface area contributed by atoms with Crippen LogP contribution in [0.4, 0.5) is 0 Å². The molecule has 1 heterocycles. The highest BCUT2D eigenvalue weighted by atomic mass is 16.5. The molecule has 1 saturated heterocycles. The van der Waals surface area contributed by atoms with Crippen molar-refractivity contribution in [2.24, 2.45) is 0 Å². The van der Waals surface area contributed by atoms with E-state index in [4.69, 9.17) is 4.74 Å². The normalized spacial score (nSPS) is 21.5. The van der Waals surface area contributed by atoms with Crippen molar-refractivity contribution in [2.75, 3.05) is 21.2 Å². The maximum atomic E-state index is 13.6. The molecular weight excluding hydrogens is 378 g/mol. The Labute approximate surface area is 177 Å². The molecule has 0 saturated carbocycles. The fourth-order valence-corrected chi connectivity index (χ4v) is 4.34. The highest BCUT2D eigenvalue weighted by Gasteiger charge is 2.52. The van der Waals surface area contributed by atoms with Crippen molar-refractivity contribution in [1.82, 2.24) is 9.80 Å². The fourth-order valence-electron chi connectivity index (χ4n) is 4.34. The molecule has 1 fully saturated rings. The molecule has 3 rings (SSSR count). The number of hydrogen-bond donors (Lipinski definition) is 0. The molecule has 0 aliphatic carbocycles. The Balaban J connectivity index is 1.97. The van der Waals surface area contributed by atoms with Crippen LogP contribution >= 0.6 is 0 Å². The minimum absolute atomic E-state index is 0.0886. The molecule has 6 nitrogen and oxygen atoms in total. The molecule has 6 heteroatoms. The number of hydrogen-bond acceptors (Lipinski definition) is 4. The number of ether oxygens (including phenoxy) is 1. The molecule has 0 bridgehead atoms. The van der Waals surface area contributed by atoms with Crippen LogP contribution in [0.15, 0.2) is 48.5 Å². The van der Waals surface area contributed by atoms with E-state index in [9.17, 15) is 14.9 Å².